The van der Waals surface area contributed by atoms with Crippen LogP contribution in [0.1, 0.15) is 15.9 Å². The van der Waals surface area contributed by atoms with E-state index < -0.39 is 5.97 Å². The molecule has 0 spiro atoms. The number of nitrogen functional groups attached to an aromatic ring is 1. The Bertz CT molecular complexity index is 552. The predicted molar refractivity (Wildman–Crippen MR) is 66.4 cm³/mol. The molecule has 3 N–H and O–H groups in total. The van der Waals surface area contributed by atoms with Crippen molar-refractivity contribution in [2.75, 3.05) is 17.7 Å². The minimum Gasteiger partial charge on any atom is -0.478 e. The first-order valence-corrected chi connectivity index (χ1v) is 5.29. The molecule has 0 fully saturated rings. The topological polar surface area (TPSA) is 92.6 Å². The third kappa shape index (κ3) is 2.42. The molecule has 2 aromatic heterocycles. The molecule has 0 saturated heterocycles. The molecule has 0 unspecified atom stereocenters. The first-order valence-electron chi connectivity index (χ1n) is 5.29. The van der Waals surface area contributed by atoms with Crippen LogP contribution in [0.15, 0.2) is 35.3 Å². The van der Waals surface area contributed by atoms with E-state index in [-0.39, 0.29) is 11.3 Å². The van der Waals surface area contributed by atoms with Gasteiger partial charge >= 0.3 is 5.97 Å². The number of carbonyl (C=O) groups is 1. The van der Waals surface area contributed by atoms with Crippen molar-refractivity contribution in [3.8, 4) is 0 Å². The molecule has 0 radical (unpaired) electrons. The summed E-state index contributed by atoms with van der Waals surface area (Å²) in [7, 11) is 1.82. The lowest BCUT2D eigenvalue weighted by Gasteiger charge is -2.17. The molecule has 0 aliphatic rings. The Kier molecular flexibility index (Phi) is 3.18. The molecule has 6 heteroatoms. The lowest BCUT2D eigenvalue weighted by atomic mass is 10.2. The summed E-state index contributed by atoms with van der Waals surface area (Å²) in [6.07, 6.45) is 4.57. The Morgan fingerprint density at radius 2 is 2.39 bits per heavy atom. The molecule has 0 aliphatic carbocycles. The Morgan fingerprint density at radius 1 is 1.61 bits per heavy atom. The SMILES string of the molecule is CN(Cc1ccoc1)c1cc(C(=O)O)c(N)cn1. The van der Waals surface area contributed by atoms with Crippen molar-refractivity contribution in [2.45, 2.75) is 6.54 Å². The van der Waals surface area contributed by atoms with Crippen molar-refractivity contribution in [1.82, 2.24) is 4.98 Å². The van der Waals surface area contributed by atoms with Gasteiger partial charge in [-0.05, 0) is 12.1 Å². The van der Waals surface area contributed by atoms with E-state index in [0.29, 0.717) is 12.4 Å². The van der Waals surface area contributed by atoms with Gasteiger partial charge in [-0.2, -0.15) is 0 Å². The monoisotopic (exact) mass is 247 g/mol. The van der Waals surface area contributed by atoms with Crippen LogP contribution >= 0.6 is 0 Å². The number of carboxylic acid groups (broad SMARTS) is 1. The van der Waals surface area contributed by atoms with Crippen LogP contribution in [-0.4, -0.2) is 23.1 Å². The van der Waals surface area contributed by atoms with Gasteiger partial charge in [0.25, 0.3) is 0 Å². The van der Waals surface area contributed by atoms with Gasteiger partial charge in [-0.25, -0.2) is 9.78 Å². The van der Waals surface area contributed by atoms with Gasteiger partial charge in [0.1, 0.15) is 5.82 Å². The maximum atomic E-state index is 11.0. The van der Waals surface area contributed by atoms with Crippen LogP contribution in [-0.2, 0) is 6.54 Å². The van der Waals surface area contributed by atoms with Crippen molar-refractivity contribution in [3.05, 3.63) is 42.0 Å². The molecule has 6 nitrogen and oxygen atoms in total. The zero-order valence-electron chi connectivity index (χ0n) is 9.83. The van der Waals surface area contributed by atoms with E-state index in [2.05, 4.69) is 4.98 Å². The molecular weight excluding hydrogens is 234 g/mol. The van der Waals surface area contributed by atoms with E-state index in [0.717, 1.165) is 5.56 Å². The summed E-state index contributed by atoms with van der Waals surface area (Å²) in [5, 5.41) is 8.99. The van der Waals surface area contributed by atoms with E-state index in [1.807, 2.05) is 18.0 Å². The first kappa shape index (κ1) is 12.0. The molecule has 0 amide bonds. The van der Waals surface area contributed by atoms with Crippen molar-refractivity contribution in [2.24, 2.45) is 0 Å². The Hall–Kier alpha value is -2.50. The third-order valence-corrected chi connectivity index (χ3v) is 2.54. The second-order valence-corrected chi connectivity index (χ2v) is 3.92. The fraction of sp³-hybridized carbons (Fsp3) is 0.167. The number of carboxylic acids is 1. The highest BCUT2D eigenvalue weighted by atomic mass is 16.4. The smallest absolute Gasteiger partial charge is 0.337 e. The van der Waals surface area contributed by atoms with E-state index in [1.54, 1.807) is 12.5 Å². The number of nitrogens with two attached hydrogens (primary N) is 1. The Morgan fingerprint density at radius 3 is 3.00 bits per heavy atom. The van der Waals surface area contributed by atoms with Crippen LogP contribution in [0.4, 0.5) is 11.5 Å². The number of furan rings is 1. The molecule has 2 rings (SSSR count). The summed E-state index contributed by atoms with van der Waals surface area (Å²) in [4.78, 5) is 16.9. The average molecular weight is 247 g/mol. The number of hydrogen-bond acceptors (Lipinski definition) is 5. The number of anilines is 2. The summed E-state index contributed by atoms with van der Waals surface area (Å²) in [5.74, 6) is -0.518. The van der Waals surface area contributed by atoms with Crippen LogP contribution in [0.3, 0.4) is 0 Å². The van der Waals surface area contributed by atoms with E-state index >= 15 is 0 Å². The number of rotatable bonds is 4. The molecule has 94 valence electrons. The summed E-state index contributed by atoms with van der Waals surface area (Å²) < 4.78 is 4.97. The normalized spacial score (nSPS) is 10.3. The van der Waals surface area contributed by atoms with E-state index in [4.69, 9.17) is 15.3 Å². The molecule has 18 heavy (non-hydrogen) atoms. The van der Waals surface area contributed by atoms with Crippen LogP contribution < -0.4 is 10.6 Å². The second kappa shape index (κ2) is 4.79. The summed E-state index contributed by atoms with van der Waals surface area (Å²) in [5.41, 5.74) is 6.74. The number of aromatic carboxylic acids is 1. The number of hydrogen-bond donors (Lipinski definition) is 2. The predicted octanol–water partition coefficient (Wildman–Crippen LogP) is 1.59. The molecular formula is C12H13N3O3. The summed E-state index contributed by atoms with van der Waals surface area (Å²) in [6, 6.07) is 3.30. The highest BCUT2D eigenvalue weighted by Crippen LogP contribution is 2.19. The molecule has 0 aromatic carbocycles. The number of pyridine rings is 1. The van der Waals surface area contributed by atoms with Gasteiger partial charge in [-0.3, -0.25) is 0 Å². The standard InChI is InChI=1S/C12H13N3O3/c1-15(6-8-2-3-18-7-8)11-4-9(12(16)17)10(13)5-14-11/h2-5,7H,6,13H2,1H3,(H,16,17). The zero-order chi connectivity index (χ0) is 13.1. The van der Waals surface area contributed by atoms with Gasteiger partial charge in [-0.1, -0.05) is 0 Å². The van der Waals surface area contributed by atoms with E-state index in [1.165, 1.54) is 12.3 Å². The second-order valence-electron chi connectivity index (χ2n) is 3.92. The van der Waals surface area contributed by atoms with Crippen molar-refractivity contribution in [1.29, 1.82) is 0 Å². The van der Waals surface area contributed by atoms with Crippen LogP contribution in [0.2, 0.25) is 0 Å². The van der Waals surface area contributed by atoms with Gasteiger partial charge in [-0.15, -0.1) is 0 Å². The lowest BCUT2D eigenvalue weighted by molar-refractivity contribution is 0.0698. The minimum absolute atomic E-state index is 0.0547. The Balaban J connectivity index is 2.22. The summed E-state index contributed by atoms with van der Waals surface area (Å²) >= 11 is 0. The molecule has 0 atom stereocenters. The first-order chi connectivity index (χ1) is 8.58. The largest absolute Gasteiger partial charge is 0.478 e. The van der Waals surface area contributed by atoms with Gasteiger partial charge < -0.3 is 20.2 Å². The van der Waals surface area contributed by atoms with Crippen LogP contribution in [0.5, 0.6) is 0 Å². The molecule has 2 aromatic rings. The highest BCUT2D eigenvalue weighted by Gasteiger charge is 2.12. The van der Waals surface area contributed by atoms with Crippen molar-refractivity contribution >= 4 is 17.5 Å². The molecule has 0 aliphatic heterocycles. The third-order valence-electron chi connectivity index (χ3n) is 2.54. The summed E-state index contributed by atoms with van der Waals surface area (Å²) in [6.45, 7) is 0.576. The maximum Gasteiger partial charge on any atom is 0.337 e. The van der Waals surface area contributed by atoms with Crippen molar-refractivity contribution < 1.29 is 14.3 Å². The number of aromatic nitrogens is 1. The van der Waals surface area contributed by atoms with E-state index in [9.17, 15) is 4.79 Å². The zero-order valence-corrected chi connectivity index (χ0v) is 9.83. The Labute approximate surface area is 104 Å². The lowest BCUT2D eigenvalue weighted by Crippen LogP contribution is -2.18. The molecule has 2 heterocycles. The van der Waals surface area contributed by atoms with Gasteiger partial charge in [0.15, 0.2) is 0 Å². The van der Waals surface area contributed by atoms with Crippen molar-refractivity contribution in [3.63, 3.8) is 0 Å². The fourth-order valence-electron chi connectivity index (χ4n) is 1.59. The average Bonchev–Trinajstić information content (AvgIpc) is 2.81. The van der Waals surface area contributed by atoms with Gasteiger partial charge in [0, 0.05) is 19.2 Å². The van der Waals surface area contributed by atoms with Crippen LogP contribution in [0.25, 0.3) is 0 Å². The molecule has 0 saturated carbocycles. The highest BCUT2D eigenvalue weighted by molar-refractivity contribution is 5.94. The van der Waals surface area contributed by atoms with Gasteiger partial charge in [0.2, 0.25) is 0 Å². The van der Waals surface area contributed by atoms with Crippen LogP contribution in [0, 0.1) is 0 Å². The van der Waals surface area contributed by atoms with Gasteiger partial charge in [0.05, 0.1) is 30.0 Å². The minimum atomic E-state index is -1.06. The fourth-order valence-corrected chi connectivity index (χ4v) is 1.59. The number of nitrogens with zero attached hydrogens (tertiary/aromatic N) is 2. The maximum absolute atomic E-state index is 11.0. The quantitative estimate of drug-likeness (QED) is 0.852. The molecule has 0 bridgehead atoms.